The molecule has 1 N–H and O–H groups in total. The Labute approximate surface area is 132 Å². The van der Waals surface area contributed by atoms with E-state index in [9.17, 15) is 13.2 Å². The molecule has 0 atom stereocenters. The molecule has 0 unspecified atom stereocenters. The topological polar surface area (TPSA) is 66.5 Å². The zero-order valence-electron chi connectivity index (χ0n) is 13.4. The van der Waals surface area contributed by atoms with Crippen LogP contribution in [0.3, 0.4) is 0 Å². The molecule has 0 heterocycles. The van der Waals surface area contributed by atoms with Gasteiger partial charge in [-0.25, -0.2) is 8.42 Å². The fourth-order valence-corrected chi connectivity index (χ4v) is 3.21. The molecule has 2 rings (SSSR count). The van der Waals surface area contributed by atoms with E-state index in [4.69, 9.17) is 0 Å². The Kier molecular flexibility index (Phi) is 5.11. The van der Waals surface area contributed by atoms with E-state index in [1.807, 2.05) is 24.3 Å². The van der Waals surface area contributed by atoms with Gasteiger partial charge in [0.2, 0.25) is 15.9 Å². The number of amides is 1. The fourth-order valence-electron chi connectivity index (χ4n) is 2.28. The third kappa shape index (κ3) is 4.47. The predicted molar refractivity (Wildman–Crippen MR) is 88.5 cm³/mol. The highest BCUT2D eigenvalue weighted by Gasteiger charge is 2.29. The predicted octanol–water partition coefficient (Wildman–Crippen LogP) is 2.10. The molecular formula is C16H24N2O3S. The van der Waals surface area contributed by atoms with Crippen LogP contribution in [0.25, 0.3) is 0 Å². The van der Waals surface area contributed by atoms with Crippen LogP contribution in [0, 0.1) is 5.92 Å². The van der Waals surface area contributed by atoms with Gasteiger partial charge in [0.15, 0.2) is 0 Å². The standard InChI is InChI=1S/C16H24N2O3S/c1-12(2)13-6-8-15(9-7-13)18(22(3,20)21)11-10-17-16(19)14-4-5-14/h6-9,12,14H,4-5,10-11H2,1-3H3,(H,17,19). The number of nitrogens with zero attached hydrogens (tertiary/aromatic N) is 1. The first-order valence-corrected chi connectivity index (χ1v) is 9.49. The maximum atomic E-state index is 12.0. The van der Waals surface area contributed by atoms with E-state index in [1.54, 1.807) is 0 Å². The zero-order valence-corrected chi connectivity index (χ0v) is 14.2. The summed E-state index contributed by atoms with van der Waals surface area (Å²) in [5.74, 6) is 0.569. The van der Waals surface area contributed by atoms with Crippen molar-refractivity contribution in [1.82, 2.24) is 5.32 Å². The molecule has 1 fully saturated rings. The van der Waals surface area contributed by atoms with Gasteiger partial charge in [-0.05, 0) is 36.5 Å². The van der Waals surface area contributed by atoms with Gasteiger partial charge < -0.3 is 5.32 Å². The van der Waals surface area contributed by atoms with E-state index in [0.29, 0.717) is 18.2 Å². The smallest absolute Gasteiger partial charge is 0.232 e. The molecular weight excluding hydrogens is 300 g/mol. The molecule has 22 heavy (non-hydrogen) atoms. The van der Waals surface area contributed by atoms with Crippen LogP contribution in [-0.2, 0) is 14.8 Å². The van der Waals surface area contributed by atoms with Crippen molar-refractivity contribution < 1.29 is 13.2 Å². The highest BCUT2D eigenvalue weighted by atomic mass is 32.2. The summed E-state index contributed by atoms with van der Waals surface area (Å²) in [6, 6.07) is 7.53. The third-order valence-corrected chi connectivity index (χ3v) is 5.00. The number of carbonyl (C=O) groups is 1. The maximum Gasteiger partial charge on any atom is 0.232 e. The van der Waals surface area contributed by atoms with Gasteiger partial charge in [-0.15, -0.1) is 0 Å². The van der Waals surface area contributed by atoms with Crippen molar-refractivity contribution in [2.75, 3.05) is 23.7 Å². The Bertz CT molecular complexity index is 619. The normalized spacial score (nSPS) is 14.9. The van der Waals surface area contributed by atoms with Crippen LogP contribution in [-0.4, -0.2) is 33.7 Å². The molecule has 5 nitrogen and oxygen atoms in total. The van der Waals surface area contributed by atoms with Gasteiger partial charge in [0.25, 0.3) is 0 Å². The van der Waals surface area contributed by atoms with Crippen LogP contribution >= 0.6 is 0 Å². The minimum Gasteiger partial charge on any atom is -0.354 e. The van der Waals surface area contributed by atoms with Gasteiger partial charge in [0.1, 0.15) is 0 Å². The molecule has 6 heteroatoms. The van der Waals surface area contributed by atoms with E-state index in [1.165, 1.54) is 16.1 Å². The Balaban J connectivity index is 2.03. The van der Waals surface area contributed by atoms with Crippen molar-refractivity contribution >= 4 is 21.6 Å². The van der Waals surface area contributed by atoms with Crippen LogP contribution in [0.2, 0.25) is 0 Å². The van der Waals surface area contributed by atoms with E-state index in [2.05, 4.69) is 19.2 Å². The monoisotopic (exact) mass is 324 g/mol. The number of benzene rings is 1. The minimum atomic E-state index is -3.37. The summed E-state index contributed by atoms with van der Waals surface area (Å²) < 4.78 is 25.3. The first kappa shape index (κ1) is 16.8. The lowest BCUT2D eigenvalue weighted by Crippen LogP contribution is -2.38. The summed E-state index contributed by atoms with van der Waals surface area (Å²) in [4.78, 5) is 11.6. The second-order valence-corrected chi connectivity index (χ2v) is 8.05. The summed E-state index contributed by atoms with van der Waals surface area (Å²) in [7, 11) is -3.37. The molecule has 122 valence electrons. The van der Waals surface area contributed by atoms with E-state index >= 15 is 0 Å². The largest absolute Gasteiger partial charge is 0.354 e. The van der Waals surface area contributed by atoms with Gasteiger partial charge in [0, 0.05) is 12.5 Å². The van der Waals surface area contributed by atoms with Crippen LogP contribution in [0.5, 0.6) is 0 Å². The molecule has 0 aromatic heterocycles. The first-order valence-electron chi connectivity index (χ1n) is 7.64. The quantitative estimate of drug-likeness (QED) is 0.835. The Hall–Kier alpha value is -1.56. The van der Waals surface area contributed by atoms with Crippen LogP contribution in [0.15, 0.2) is 24.3 Å². The summed E-state index contributed by atoms with van der Waals surface area (Å²) >= 11 is 0. The van der Waals surface area contributed by atoms with Crippen LogP contribution in [0.4, 0.5) is 5.69 Å². The molecule has 1 aliphatic rings. The van der Waals surface area contributed by atoms with Crippen LogP contribution in [0.1, 0.15) is 38.2 Å². The van der Waals surface area contributed by atoms with Crippen molar-refractivity contribution in [1.29, 1.82) is 0 Å². The van der Waals surface area contributed by atoms with E-state index in [-0.39, 0.29) is 18.4 Å². The summed E-state index contributed by atoms with van der Waals surface area (Å²) in [6.45, 7) is 4.76. The van der Waals surface area contributed by atoms with Gasteiger partial charge in [0.05, 0.1) is 18.5 Å². The SMILES string of the molecule is CC(C)c1ccc(N(CCNC(=O)C2CC2)S(C)(=O)=O)cc1. The van der Waals surface area contributed by atoms with Gasteiger partial charge in [-0.3, -0.25) is 9.10 Å². The number of rotatable bonds is 7. The fraction of sp³-hybridized carbons (Fsp3) is 0.562. The molecule has 1 aromatic rings. The minimum absolute atomic E-state index is 0.0311. The molecule has 1 aliphatic carbocycles. The first-order chi connectivity index (χ1) is 10.3. The molecule has 0 saturated heterocycles. The molecule has 1 amide bonds. The number of carbonyl (C=O) groups excluding carboxylic acids is 1. The van der Waals surface area contributed by atoms with E-state index < -0.39 is 10.0 Å². The third-order valence-electron chi connectivity index (χ3n) is 3.81. The molecule has 0 radical (unpaired) electrons. The second kappa shape index (κ2) is 6.69. The van der Waals surface area contributed by atoms with Crippen molar-refractivity contribution in [2.24, 2.45) is 5.92 Å². The second-order valence-electron chi connectivity index (χ2n) is 6.15. The highest BCUT2D eigenvalue weighted by Crippen LogP contribution is 2.28. The molecule has 0 bridgehead atoms. The Morgan fingerprint density at radius 2 is 1.86 bits per heavy atom. The van der Waals surface area contributed by atoms with Crippen molar-refractivity contribution in [3.8, 4) is 0 Å². The zero-order chi connectivity index (χ0) is 16.3. The maximum absolute atomic E-state index is 12.0. The number of anilines is 1. The summed E-state index contributed by atoms with van der Waals surface area (Å²) in [5.41, 5.74) is 1.80. The van der Waals surface area contributed by atoms with Gasteiger partial charge in [-0.2, -0.15) is 0 Å². The van der Waals surface area contributed by atoms with E-state index in [0.717, 1.165) is 12.8 Å². The average molecular weight is 324 g/mol. The van der Waals surface area contributed by atoms with Gasteiger partial charge >= 0.3 is 0 Å². The highest BCUT2D eigenvalue weighted by molar-refractivity contribution is 7.92. The number of hydrogen-bond acceptors (Lipinski definition) is 3. The van der Waals surface area contributed by atoms with Crippen LogP contribution < -0.4 is 9.62 Å². The number of sulfonamides is 1. The Morgan fingerprint density at radius 3 is 2.32 bits per heavy atom. The van der Waals surface area contributed by atoms with Crippen molar-refractivity contribution in [3.05, 3.63) is 29.8 Å². The summed E-state index contributed by atoms with van der Waals surface area (Å²) in [6.07, 6.45) is 3.07. The van der Waals surface area contributed by atoms with Gasteiger partial charge in [-0.1, -0.05) is 26.0 Å². The lowest BCUT2D eigenvalue weighted by Gasteiger charge is -2.23. The van der Waals surface area contributed by atoms with Crippen molar-refractivity contribution in [3.63, 3.8) is 0 Å². The van der Waals surface area contributed by atoms with Crippen molar-refractivity contribution in [2.45, 2.75) is 32.6 Å². The lowest BCUT2D eigenvalue weighted by molar-refractivity contribution is -0.122. The number of hydrogen-bond donors (Lipinski definition) is 1. The molecule has 1 aromatic carbocycles. The molecule has 0 spiro atoms. The molecule has 0 aliphatic heterocycles. The lowest BCUT2D eigenvalue weighted by atomic mass is 10.0. The summed E-state index contributed by atoms with van der Waals surface area (Å²) in [5, 5.41) is 2.80. The number of nitrogens with one attached hydrogen (secondary N) is 1. The molecule has 1 saturated carbocycles. The average Bonchev–Trinajstić information content (AvgIpc) is 3.26. The Morgan fingerprint density at radius 1 is 1.27 bits per heavy atom.